The van der Waals surface area contributed by atoms with Crippen LogP contribution in [-0.2, 0) is 11.2 Å². The van der Waals surface area contributed by atoms with Gasteiger partial charge >= 0.3 is 6.09 Å². The lowest BCUT2D eigenvalue weighted by Gasteiger charge is -2.21. The molecule has 0 aliphatic rings. The molecule has 1 heterocycles. The number of hydrogen-bond acceptors (Lipinski definition) is 4. The Morgan fingerprint density at radius 3 is 2.62 bits per heavy atom. The van der Waals surface area contributed by atoms with Crippen LogP contribution in [-0.4, -0.2) is 39.7 Å². The Bertz CT molecular complexity index is 449. The molecule has 21 heavy (non-hydrogen) atoms. The maximum absolute atomic E-state index is 11.6. The van der Waals surface area contributed by atoms with Crippen LogP contribution in [0.2, 0.25) is 0 Å². The Kier molecular flexibility index (Phi) is 6.20. The van der Waals surface area contributed by atoms with Crippen LogP contribution in [0.25, 0.3) is 0 Å². The van der Waals surface area contributed by atoms with Gasteiger partial charge in [-0.05, 0) is 47.1 Å². The monoisotopic (exact) mass is 297 g/mol. The van der Waals surface area contributed by atoms with E-state index < -0.39 is 11.7 Å². The topological polar surface area (TPSA) is 76.4 Å². The van der Waals surface area contributed by atoms with Gasteiger partial charge in [0.2, 0.25) is 0 Å². The number of nitrogens with one attached hydrogen (secondary N) is 1. The summed E-state index contributed by atoms with van der Waals surface area (Å²) in [6.45, 7) is 9.91. The SMILES string of the molecule is CC(C)n1ccc(CC(CO)CNC(=O)OC(C)(C)C)n1. The van der Waals surface area contributed by atoms with Gasteiger partial charge in [-0.25, -0.2) is 4.79 Å². The number of carbonyl (C=O) groups excluding carboxylic acids is 1. The Morgan fingerprint density at radius 1 is 1.48 bits per heavy atom. The van der Waals surface area contributed by atoms with Gasteiger partial charge in [-0.3, -0.25) is 4.68 Å². The summed E-state index contributed by atoms with van der Waals surface area (Å²) in [5.41, 5.74) is 0.392. The van der Waals surface area contributed by atoms with E-state index in [0.717, 1.165) is 5.69 Å². The van der Waals surface area contributed by atoms with Gasteiger partial charge in [0.25, 0.3) is 0 Å². The predicted octanol–water partition coefficient (Wildman–Crippen LogP) is 2.14. The van der Waals surface area contributed by atoms with Gasteiger partial charge in [-0.2, -0.15) is 5.10 Å². The van der Waals surface area contributed by atoms with Gasteiger partial charge < -0.3 is 15.2 Å². The molecule has 1 unspecified atom stereocenters. The average molecular weight is 297 g/mol. The molecule has 1 amide bonds. The fourth-order valence-electron chi connectivity index (χ4n) is 1.81. The van der Waals surface area contributed by atoms with Crippen LogP contribution >= 0.6 is 0 Å². The first-order valence-electron chi connectivity index (χ1n) is 7.33. The number of ether oxygens (including phenoxy) is 1. The van der Waals surface area contributed by atoms with Crippen molar-refractivity contribution in [2.45, 2.75) is 52.7 Å². The Morgan fingerprint density at radius 2 is 2.14 bits per heavy atom. The zero-order chi connectivity index (χ0) is 16.0. The minimum absolute atomic E-state index is 0.00959. The van der Waals surface area contributed by atoms with Crippen molar-refractivity contribution in [1.29, 1.82) is 0 Å². The zero-order valence-electron chi connectivity index (χ0n) is 13.6. The quantitative estimate of drug-likeness (QED) is 0.843. The highest BCUT2D eigenvalue weighted by Gasteiger charge is 2.18. The van der Waals surface area contributed by atoms with Crippen LogP contribution in [0.4, 0.5) is 4.79 Å². The zero-order valence-corrected chi connectivity index (χ0v) is 13.6. The maximum Gasteiger partial charge on any atom is 0.407 e. The fraction of sp³-hybridized carbons (Fsp3) is 0.733. The van der Waals surface area contributed by atoms with Crippen molar-refractivity contribution < 1.29 is 14.6 Å². The molecule has 0 spiro atoms. The molecule has 0 bridgehead atoms. The summed E-state index contributed by atoms with van der Waals surface area (Å²) in [5.74, 6) is -0.0759. The first-order valence-corrected chi connectivity index (χ1v) is 7.33. The molecular formula is C15H27N3O3. The number of nitrogens with zero attached hydrogens (tertiary/aromatic N) is 2. The van der Waals surface area contributed by atoms with Crippen LogP contribution in [0.3, 0.4) is 0 Å². The number of alkyl carbamates (subject to hydrolysis) is 1. The molecule has 1 aromatic rings. The van der Waals surface area contributed by atoms with E-state index in [1.165, 1.54) is 0 Å². The van der Waals surface area contributed by atoms with Crippen molar-refractivity contribution in [3.05, 3.63) is 18.0 Å². The van der Waals surface area contributed by atoms with E-state index in [4.69, 9.17) is 4.74 Å². The van der Waals surface area contributed by atoms with Gasteiger partial charge in [0.05, 0.1) is 5.69 Å². The van der Waals surface area contributed by atoms with E-state index in [-0.39, 0.29) is 12.5 Å². The summed E-state index contributed by atoms with van der Waals surface area (Å²) in [6.07, 6.45) is 2.08. The van der Waals surface area contributed by atoms with Crippen LogP contribution in [0.5, 0.6) is 0 Å². The van der Waals surface area contributed by atoms with Crippen molar-refractivity contribution in [3.8, 4) is 0 Å². The van der Waals surface area contributed by atoms with E-state index in [0.29, 0.717) is 19.0 Å². The lowest BCUT2D eigenvalue weighted by molar-refractivity contribution is 0.0512. The standard InChI is InChI=1S/C15H27N3O3/c1-11(2)18-7-6-13(17-18)8-12(10-19)9-16-14(20)21-15(3,4)5/h6-7,11-12,19H,8-10H2,1-5H3,(H,16,20). The highest BCUT2D eigenvalue weighted by molar-refractivity contribution is 5.67. The van der Waals surface area contributed by atoms with Crippen molar-refractivity contribution in [2.75, 3.05) is 13.2 Å². The van der Waals surface area contributed by atoms with E-state index in [9.17, 15) is 9.90 Å². The molecule has 0 fully saturated rings. The van der Waals surface area contributed by atoms with E-state index in [1.807, 2.05) is 37.7 Å². The summed E-state index contributed by atoms with van der Waals surface area (Å²) < 4.78 is 7.05. The number of rotatable bonds is 6. The summed E-state index contributed by atoms with van der Waals surface area (Å²) in [4.78, 5) is 11.6. The van der Waals surface area contributed by atoms with E-state index >= 15 is 0 Å². The second-order valence-electron chi connectivity index (χ2n) is 6.52. The summed E-state index contributed by atoms with van der Waals surface area (Å²) in [5, 5.41) is 16.6. The summed E-state index contributed by atoms with van der Waals surface area (Å²) in [6, 6.07) is 2.25. The molecule has 0 aliphatic carbocycles. The average Bonchev–Trinajstić information content (AvgIpc) is 2.80. The summed E-state index contributed by atoms with van der Waals surface area (Å²) >= 11 is 0. The Balaban J connectivity index is 2.46. The molecule has 0 saturated heterocycles. The largest absolute Gasteiger partial charge is 0.444 e. The molecule has 1 aromatic heterocycles. The van der Waals surface area contributed by atoms with Gasteiger partial charge in [-0.1, -0.05) is 0 Å². The number of aromatic nitrogens is 2. The number of aliphatic hydroxyl groups is 1. The Labute approximate surface area is 126 Å². The molecule has 0 aliphatic heterocycles. The molecule has 6 nitrogen and oxygen atoms in total. The lowest BCUT2D eigenvalue weighted by atomic mass is 10.0. The number of hydrogen-bond donors (Lipinski definition) is 2. The maximum atomic E-state index is 11.6. The fourth-order valence-corrected chi connectivity index (χ4v) is 1.81. The van der Waals surface area contributed by atoms with Gasteiger partial charge in [-0.15, -0.1) is 0 Å². The molecule has 0 radical (unpaired) electrons. The number of amides is 1. The van der Waals surface area contributed by atoms with Crippen LogP contribution in [0, 0.1) is 5.92 Å². The van der Waals surface area contributed by atoms with Gasteiger partial charge in [0, 0.05) is 31.3 Å². The van der Waals surface area contributed by atoms with Crippen LogP contribution < -0.4 is 5.32 Å². The van der Waals surface area contributed by atoms with Crippen molar-refractivity contribution in [2.24, 2.45) is 5.92 Å². The molecular weight excluding hydrogens is 270 g/mol. The van der Waals surface area contributed by atoms with E-state index in [2.05, 4.69) is 24.3 Å². The first-order chi connectivity index (χ1) is 9.71. The molecule has 0 saturated carbocycles. The molecule has 1 atom stereocenters. The Hall–Kier alpha value is -1.56. The van der Waals surface area contributed by atoms with Crippen molar-refractivity contribution in [3.63, 3.8) is 0 Å². The smallest absolute Gasteiger partial charge is 0.407 e. The molecule has 6 heteroatoms. The van der Waals surface area contributed by atoms with Crippen molar-refractivity contribution >= 4 is 6.09 Å². The highest BCUT2D eigenvalue weighted by atomic mass is 16.6. The first kappa shape index (κ1) is 17.5. The number of carbonyl (C=O) groups is 1. The second-order valence-corrected chi connectivity index (χ2v) is 6.52. The molecule has 0 aromatic carbocycles. The van der Waals surface area contributed by atoms with Crippen LogP contribution in [0.15, 0.2) is 12.3 Å². The molecule has 120 valence electrons. The molecule has 1 rings (SSSR count). The third-order valence-electron chi connectivity index (χ3n) is 2.88. The third kappa shape index (κ3) is 6.62. The van der Waals surface area contributed by atoms with Gasteiger partial charge in [0.15, 0.2) is 0 Å². The minimum atomic E-state index is -0.519. The predicted molar refractivity (Wildman–Crippen MR) is 81.1 cm³/mol. The normalized spacial score (nSPS) is 13.3. The van der Waals surface area contributed by atoms with Crippen molar-refractivity contribution in [1.82, 2.24) is 15.1 Å². The third-order valence-corrected chi connectivity index (χ3v) is 2.88. The second kappa shape index (κ2) is 7.45. The van der Waals surface area contributed by atoms with Crippen LogP contribution in [0.1, 0.15) is 46.4 Å². The number of aliphatic hydroxyl groups excluding tert-OH is 1. The lowest BCUT2D eigenvalue weighted by Crippen LogP contribution is -2.36. The summed E-state index contributed by atoms with van der Waals surface area (Å²) in [7, 11) is 0. The molecule has 2 N–H and O–H groups in total. The highest BCUT2D eigenvalue weighted by Crippen LogP contribution is 2.10. The minimum Gasteiger partial charge on any atom is -0.444 e. The van der Waals surface area contributed by atoms with Gasteiger partial charge in [0.1, 0.15) is 5.60 Å². The van der Waals surface area contributed by atoms with E-state index in [1.54, 1.807) is 0 Å².